The van der Waals surface area contributed by atoms with Gasteiger partial charge in [-0.05, 0) is 9.77 Å². The molecule has 0 aliphatic carbocycles. The van der Waals surface area contributed by atoms with E-state index in [1.807, 2.05) is 0 Å². The maximum atomic E-state index is 10.1. The summed E-state index contributed by atoms with van der Waals surface area (Å²) >= 11 is 0. The van der Waals surface area contributed by atoms with Gasteiger partial charge >= 0.3 is 5.82 Å². The van der Waals surface area contributed by atoms with Gasteiger partial charge in [-0.15, -0.1) is 0 Å². The molecule has 1 heterocycles. The maximum absolute atomic E-state index is 10.1. The lowest BCUT2D eigenvalue weighted by Gasteiger charge is -1.83. The summed E-state index contributed by atoms with van der Waals surface area (Å²) in [5, 5.41) is 29.9. The van der Waals surface area contributed by atoms with Gasteiger partial charge in [-0.3, -0.25) is 0 Å². The monoisotopic (exact) mass is 154 g/mol. The number of nitrogens with zero attached hydrogens (tertiary/aromatic N) is 4. The Hall–Kier alpha value is -2.10. The quantitative estimate of drug-likeness (QED) is 0.345. The van der Waals surface area contributed by atoms with Crippen LogP contribution in [0.1, 0.15) is 5.56 Å². The van der Waals surface area contributed by atoms with Gasteiger partial charge < -0.3 is 15.3 Å². The fraction of sp³-hybridized carbons (Fsp3) is 0. The first-order valence-electron chi connectivity index (χ1n) is 2.48. The molecular formula is C4H2N4O3. The zero-order valence-corrected chi connectivity index (χ0v) is 5.13. The van der Waals surface area contributed by atoms with Gasteiger partial charge in [0.25, 0.3) is 0 Å². The molecule has 11 heavy (non-hydrogen) atoms. The van der Waals surface area contributed by atoms with Crippen LogP contribution < -0.4 is 0 Å². The van der Waals surface area contributed by atoms with E-state index >= 15 is 0 Å². The Labute approximate surface area is 60.2 Å². The minimum atomic E-state index is -0.842. The van der Waals surface area contributed by atoms with Gasteiger partial charge in [-0.2, -0.15) is 5.26 Å². The van der Waals surface area contributed by atoms with Gasteiger partial charge in [-0.25, -0.2) is 0 Å². The molecule has 0 aliphatic rings. The second kappa shape index (κ2) is 2.26. The van der Waals surface area contributed by atoms with Crippen molar-refractivity contribution in [1.82, 2.24) is 9.94 Å². The molecule has 0 bridgehead atoms. The Morgan fingerprint density at radius 1 is 1.91 bits per heavy atom. The fourth-order valence-electron chi connectivity index (χ4n) is 0.567. The van der Waals surface area contributed by atoms with Crippen molar-refractivity contribution >= 4 is 5.82 Å². The van der Waals surface area contributed by atoms with Crippen LogP contribution in [-0.2, 0) is 0 Å². The predicted molar refractivity (Wildman–Crippen MR) is 30.8 cm³/mol. The van der Waals surface area contributed by atoms with E-state index in [4.69, 9.17) is 10.5 Å². The minimum absolute atomic E-state index is 0.233. The second-order valence-corrected chi connectivity index (χ2v) is 1.66. The molecule has 0 atom stereocenters. The number of rotatable bonds is 1. The predicted octanol–water partition coefficient (Wildman–Crippen LogP) is -0.0997. The van der Waals surface area contributed by atoms with Crippen molar-refractivity contribution in [1.29, 1.82) is 5.26 Å². The standard InChI is InChI=1S/C4H2N4O3/c5-1-3-2-7(9)6-4(3)8(10)11/h2,9H. The maximum Gasteiger partial charge on any atom is 0.411 e. The van der Waals surface area contributed by atoms with Crippen molar-refractivity contribution in [2.24, 2.45) is 0 Å². The molecule has 0 amide bonds. The van der Waals surface area contributed by atoms with Gasteiger partial charge in [0, 0.05) is 0 Å². The lowest BCUT2D eigenvalue weighted by Crippen LogP contribution is -1.93. The van der Waals surface area contributed by atoms with E-state index in [2.05, 4.69) is 5.10 Å². The van der Waals surface area contributed by atoms with Gasteiger partial charge in [0.1, 0.15) is 12.3 Å². The van der Waals surface area contributed by atoms with Crippen molar-refractivity contribution in [2.75, 3.05) is 0 Å². The first kappa shape index (κ1) is 7.01. The smallest absolute Gasteiger partial charge is 0.396 e. The number of nitro groups is 1. The van der Waals surface area contributed by atoms with E-state index in [1.54, 1.807) is 0 Å². The Bertz CT molecular complexity index is 336. The van der Waals surface area contributed by atoms with Crippen molar-refractivity contribution in [2.45, 2.75) is 0 Å². The second-order valence-electron chi connectivity index (χ2n) is 1.66. The lowest BCUT2D eigenvalue weighted by molar-refractivity contribution is -0.390. The molecule has 1 aromatic rings. The van der Waals surface area contributed by atoms with E-state index in [-0.39, 0.29) is 10.4 Å². The molecule has 0 unspecified atom stereocenters. The van der Waals surface area contributed by atoms with Gasteiger partial charge in [0.15, 0.2) is 5.56 Å². The summed E-state index contributed by atoms with van der Waals surface area (Å²) in [7, 11) is 0. The van der Waals surface area contributed by atoms with Crippen molar-refractivity contribution in [3.8, 4) is 6.07 Å². The van der Waals surface area contributed by atoms with E-state index < -0.39 is 10.7 Å². The number of hydrogen-bond acceptors (Lipinski definition) is 5. The summed E-state index contributed by atoms with van der Waals surface area (Å²) in [6.07, 6.45) is 0.859. The van der Waals surface area contributed by atoms with Gasteiger partial charge in [-0.1, -0.05) is 0 Å². The van der Waals surface area contributed by atoms with Crippen molar-refractivity contribution in [3.05, 3.63) is 21.9 Å². The molecular weight excluding hydrogens is 152 g/mol. The number of nitriles is 1. The van der Waals surface area contributed by atoms with Crippen LogP contribution in [-0.4, -0.2) is 20.1 Å². The van der Waals surface area contributed by atoms with E-state index in [9.17, 15) is 10.1 Å². The Morgan fingerprint density at radius 2 is 2.55 bits per heavy atom. The SMILES string of the molecule is N#Cc1cn(O)nc1[N+](=O)[O-]. The Balaban J connectivity index is 3.26. The van der Waals surface area contributed by atoms with E-state index in [0.29, 0.717) is 0 Å². The molecule has 0 aliphatic heterocycles. The summed E-state index contributed by atoms with van der Waals surface area (Å²) < 4.78 is 0. The molecule has 7 heteroatoms. The molecule has 1 aromatic heterocycles. The highest BCUT2D eigenvalue weighted by atomic mass is 16.6. The summed E-state index contributed by atoms with van der Waals surface area (Å²) in [6.45, 7) is 0. The van der Waals surface area contributed by atoms with Crippen LogP contribution in [0.25, 0.3) is 0 Å². The van der Waals surface area contributed by atoms with Crippen LogP contribution in [0.4, 0.5) is 5.82 Å². The molecule has 0 saturated heterocycles. The molecule has 56 valence electrons. The Kier molecular flexibility index (Phi) is 1.44. The third kappa shape index (κ3) is 1.09. The summed E-state index contributed by atoms with van der Waals surface area (Å²) in [4.78, 5) is 9.45. The normalized spacial score (nSPS) is 9.00. The number of aromatic nitrogens is 2. The van der Waals surface area contributed by atoms with Crippen LogP contribution in [0.3, 0.4) is 0 Å². The highest BCUT2D eigenvalue weighted by Gasteiger charge is 2.19. The zero-order valence-electron chi connectivity index (χ0n) is 5.13. The third-order valence-electron chi connectivity index (χ3n) is 0.976. The molecule has 1 N–H and O–H groups in total. The highest BCUT2D eigenvalue weighted by Crippen LogP contribution is 2.12. The van der Waals surface area contributed by atoms with Crippen LogP contribution in [0.2, 0.25) is 0 Å². The summed E-state index contributed by atoms with van der Waals surface area (Å²) in [5.41, 5.74) is -0.266. The van der Waals surface area contributed by atoms with E-state index in [1.165, 1.54) is 6.07 Å². The van der Waals surface area contributed by atoms with Crippen LogP contribution in [0.5, 0.6) is 0 Å². The molecule has 1 rings (SSSR count). The minimum Gasteiger partial charge on any atom is -0.396 e. The topological polar surface area (TPSA) is 105 Å². The average molecular weight is 154 g/mol. The molecule has 0 saturated carbocycles. The lowest BCUT2D eigenvalue weighted by atomic mass is 10.4. The zero-order chi connectivity index (χ0) is 8.43. The molecule has 0 fully saturated rings. The molecule has 0 spiro atoms. The van der Waals surface area contributed by atoms with Crippen molar-refractivity contribution < 1.29 is 10.1 Å². The van der Waals surface area contributed by atoms with Gasteiger partial charge in [0.05, 0.1) is 5.10 Å². The largest absolute Gasteiger partial charge is 0.411 e. The first-order chi connectivity index (χ1) is 5.15. The molecule has 0 aromatic carbocycles. The highest BCUT2D eigenvalue weighted by molar-refractivity contribution is 5.40. The molecule has 0 radical (unpaired) electrons. The van der Waals surface area contributed by atoms with Gasteiger partial charge in [0.2, 0.25) is 0 Å². The number of hydrogen-bond donors (Lipinski definition) is 1. The summed E-state index contributed by atoms with van der Waals surface area (Å²) in [6, 6.07) is 1.51. The van der Waals surface area contributed by atoms with Crippen LogP contribution in [0.15, 0.2) is 6.20 Å². The van der Waals surface area contributed by atoms with Crippen molar-refractivity contribution in [3.63, 3.8) is 0 Å². The molecule has 7 nitrogen and oxygen atoms in total. The van der Waals surface area contributed by atoms with E-state index in [0.717, 1.165) is 6.20 Å². The fourth-order valence-corrected chi connectivity index (χ4v) is 0.567. The average Bonchev–Trinajstić information content (AvgIpc) is 2.30. The Morgan fingerprint density at radius 3 is 2.91 bits per heavy atom. The van der Waals surface area contributed by atoms with Crippen LogP contribution >= 0.6 is 0 Å². The first-order valence-corrected chi connectivity index (χ1v) is 2.48. The summed E-state index contributed by atoms with van der Waals surface area (Å²) in [5.74, 6) is -0.644. The van der Waals surface area contributed by atoms with Crippen LogP contribution in [0, 0.1) is 21.4 Å². The third-order valence-corrected chi connectivity index (χ3v) is 0.976.